The Morgan fingerprint density at radius 3 is 2.32 bits per heavy atom. The number of nitrogens with zero attached hydrogens (tertiary/aromatic N) is 1. The molecule has 7 heteroatoms. The van der Waals surface area contributed by atoms with Crippen molar-refractivity contribution in [2.24, 2.45) is 0 Å². The first-order valence-electron chi connectivity index (χ1n) is 10.3. The van der Waals surface area contributed by atoms with Gasteiger partial charge in [-0.2, -0.15) is 4.57 Å². The van der Waals surface area contributed by atoms with Crippen LogP contribution in [0.15, 0.2) is 24.5 Å². The number of unbranched alkanes of at least 4 members (excludes halogenated alkanes) is 6. The molecule has 28 heavy (non-hydrogen) atoms. The number of nitrogens with one attached hydrogen (secondary N) is 1. The summed E-state index contributed by atoms with van der Waals surface area (Å²) in [5.41, 5.74) is 0.580. The average molecular weight is 417 g/mol. The maximum Gasteiger partial charge on any atom is 0.259 e. The highest BCUT2D eigenvalue weighted by atomic mass is 35.5. The first kappa shape index (κ1) is 26.8. The predicted octanol–water partition coefficient (Wildman–Crippen LogP) is 0.791. The van der Waals surface area contributed by atoms with Gasteiger partial charge in [-0.15, -0.1) is 0 Å². The third-order valence-corrected chi connectivity index (χ3v) is 4.15. The highest BCUT2D eigenvalue weighted by molar-refractivity contribution is 5.93. The van der Waals surface area contributed by atoms with Crippen molar-refractivity contribution in [1.29, 1.82) is 0 Å². The summed E-state index contributed by atoms with van der Waals surface area (Å²) in [5, 5.41) is 2.73. The van der Waals surface area contributed by atoms with E-state index in [1.54, 1.807) is 12.3 Å². The Hall–Kier alpha value is -1.21. The molecule has 0 bridgehead atoms. The van der Waals surface area contributed by atoms with Gasteiger partial charge < -0.3 is 31.9 Å². The van der Waals surface area contributed by atoms with E-state index in [0.29, 0.717) is 18.9 Å². The molecule has 0 saturated carbocycles. The van der Waals surface area contributed by atoms with E-state index >= 15 is 0 Å². The van der Waals surface area contributed by atoms with Crippen molar-refractivity contribution in [3.63, 3.8) is 0 Å². The van der Waals surface area contributed by atoms with Gasteiger partial charge in [0.25, 0.3) is 12.6 Å². The monoisotopic (exact) mass is 416 g/mol. The van der Waals surface area contributed by atoms with Gasteiger partial charge in [-0.05, 0) is 18.9 Å². The van der Waals surface area contributed by atoms with Crippen LogP contribution in [0.25, 0.3) is 0 Å². The molecule has 1 heterocycles. The second-order valence-electron chi connectivity index (χ2n) is 6.65. The number of hydrogen-bond donors (Lipinski definition) is 1. The number of carbonyl (C=O) groups is 1. The summed E-state index contributed by atoms with van der Waals surface area (Å²) < 4.78 is 18.2. The van der Waals surface area contributed by atoms with Gasteiger partial charge >= 0.3 is 0 Å². The summed E-state index contributed by atoms with van der Waals surface area (Å²) in [6.45, 7) is 6.61. The molecule has 0 aliphatic carbocycles. The molecule has 0 radical (unpaired) electrons. The molecule has 0 atom stereocenters. The van der Waals surface area contributed by atoms with Crippen molar-refractivity contribution in [2.45, 2.75) is 71.9 Å². The Balaban J connectivity index is 0.00000729. The van der Waals surface area contributed by atoms with E-state index in [9.17, 15) is 4.79 Å². The minimum atomic E-state index is -0.171. The third kappa shape index (κ3) is 13.9. The van der Waals surface area contributed by atoms with Crippen LogP contribution in [0.5, 0.6) is 0 Å². The standard InChI is InChI=1S/C21H36N2O4.ClH/c1-3-5-7-9-14-25-18-23-13-11-12-20(16-23)21(24)22-17-27-19-26-15-10-8-6-4-2;/h11-13,16H,3-10,14-15,17-19H2,1-2H3;1H. The van der Waals surface area contributed by atoms with Gasteiger partial charge in [-0.1, -0.05) is 52.4 Å². The van der Waals surface area contributed by atoms with Gasteiger partial charge in [0, 0.05) is 12.7 Å². The van der Waals surface area contributed by atoms with Crippen LogP contribution in [0.1, 0.15) is 75.6 Å². The lowest BCUT2D eigenvalue weighted by atomic mass is 10.2. The number of halogens is 1. The molecule has 1 rings (SSSR count). The van der Waals surface area contributed by atoms with E-state index in [1.807, 2.05) is 16.8 Å². The molecule has 1 N–H and O–H groups in total. The molecule has 0 spiro atoms. The fourth-order valence-corrected chi connectivity index (χ4v) is 2.55. The normalized spacial score (nSPS) is 10.5. The molecule has 0 fully saturated rings. The third-order valence-electron chi connectivity index (χ3n) is 4.15. The van der Waals surface area contributed by atoms with Crippen LogP contribution in [0.3, 0.4) is 0 Å². The molecule has 1 aromatic rings. The number of pyridine rings is 1. The van der Waals surface area contributed by atoms with E-state index in [2.05, 4.69) is 19.2 Å². The van der Waals surface area contributed by atoms with Gasteiger partial charge in [0.2, 0.25) is 0 Å². The molecule has 0 aromatic carbocycles. The number of rotatable bonds is 17. The van der Waals surface area contributed by atoms with Crippen molar-refractivity contribution >= 4 is 5.91 Å². The Labute approximate surface area is 176 Å². The van der Waals surface area contributed by atoms with Crippen molar-refractivity contribution in [1.82, 2.24) is 5.32 Å². The predicted molar refractivity (Wildman–Crippen MR) is 105 cm³/mol. The van der Waals surface area contributed by atoms with Crippen LogP contribution in [-0.4, -0.2) is 32.6 Å². The van der Waals surface area contributed by atoms with E-state index in [4.69, 9.17) is 14.2 Å². The molecule has 6 nitrogen and oxygen atoms in total. The van der Waals surface area contributed by atoms with Crippen molar-refractivity contribution < 1.29 is 36.0 Å². The summed E-state index contributed by atoms with van der Waals surface area (Å²) in [6.07, 6.45) is 13.1. The SMILES string of the molecule is CCCCCCOCOCNC(=O)c1ccc[n+](COCCCCCC)c1.[Cl-]. The van der Waals surface area contributed by atoms with Crippen LogP contribution >= 0.6 is 0 Å². The lowest BCUT2D eigenvalue weighted by Gasteiger charge is -2.07. The number of amides is 1. The second kappa shape index (κ2) is 19.1. The Morgan fingerprint density at radius 1 is 0.964 bits per heavy atom. The zero-order valence-electron chi connectivity index (χ0n) is 17.5. The molecule has 162 valence electrons. The van der Waals surface area contributed by atoms with Crippen molar-refractivity contribution in [2.75, 3.05) is 26.7 Å². The number of aromatic nitrogens is 1. The van der Waals surface area contributed by atoms with Crippen molar-refractivity contribution in [3.05, 3.63) is 30.1 Å². The van der Waals surface area contributed by atoms with Gasteiger partial charge in [-0.25, -0.2) is 0 Å². The lowest BCUT2D eigenvalue weighted by Crippen LogP contribution is -3.00. The average Bonchev–Trinajstić information content (AvgIpc) is 2.69. The fourth-order valence-electron chi connectivity index (χ4n) is 2.55. The number of ether oxygens (including phenoxy) is 3. The first-order valence-corrected chi connectivity index (χ1v) is 10.3. The maximum atomic E-state index is 12.2. The molecule has 0 saturated heterocycles. The van der Waals surface area contributed by atoms with E-state index in [0.717, 1.165) is 19.4 Å². The lowest BCUT2D eigenvalue weighted by molar-refractivity contribution is -0.732. The highest BCUT2D eigenvalue weighted by Crippen LogP contribution is 2.00. The van der Waals surface area contributed by atoms with E-state index in [-0.39, 0.29) is 31.8 Å². The summed E-state index contributed by atoms with van der Waals surface area (Å²) in [4.78, 5) is 12.2. The smallest absolute Gasteiger partial charge is 0.259 e. The molecule has 0 unspecified atom stereocenters. The van der Waals surface area contributed by atoms with Gasteiger partial charge in [0.1, 0.15) is 19.1 Å². The number of hydrogen-bond acceptors (Lipinski definition) is 4. The maximum absolute atomic E-state index is 12.2. The van der Waals surface area contributed by atoms with Crippen LogP contribution in [0, 0.1) is 0 Å². The molecule has 0 aliphatic rings. The Morgan fingerprint density at radius 2 is 1.64 bits per heavy atom. The van der Waals surface area contributed by atoms with Crippen LogP contribution in [0.2, 0.25) is 0 Å². The first-order chi connectivity index (χ1) is 13.3. The summed E-state index contributed by atoms with van der Waals surface area (Å²) in [6, 6.07) is 3.62. The van der Waals surface area contributed by atoms with Gasteiger partial charge in [-0.3, -0.25) is 4.79 Å². The summed E-state index contributed by atoms with van der Waals surface area (Å²) >= 11 is 0. The van der Waals surface area contributed by atoms with Crippen LogP contribution < -0.4 is 22.3 Å². The van der Waals surface area contributed by atoms with Gasteiger partial charge in [0.05, 0.1) is 6.61 Å². The van der Waals surface area contributed by atoms with Crippen LogP contribution in [0.4, 0.5) is 0 Å². The van der Waals surface area contributed by atoms with Gasteiger partial charge in [0.15, 0.2) is 12.4 Å². The van der Waals surface area contributed by atoms with Crippen molar-refractivity contribution in [3.8, 4) is 0 Å². The molecule has 0 aliphatic heterocycles. The van der Waals surface area contributed by atoms with E-state index < -0.39 is 0 Å². The second-order valence-corrected chi connectivity index (χ2v) is 6.65. The summed E-state index contributed by atoms with van der Waals surface area (Å²) in [5.74, 6) is -0.171. The zero-order valence-corrected chi connectivity index (χ0v) is 18.2. The minimum Gasteiger partial charge on any atom is -1.00 e. The molecule has 1 aromatic heterocycles. The topological polar surface area (TPSA) is 60.7 Å². The zero-order chi connectivity index (χ0) is 19.6. The van der Waals surface area contributed by atoms with Crippen LogP contribution in [-0.2, 0) is 20.9 Å². The Kier molecular flexibility index (Phi) is 18.3. The fraction of sp³-hybridized carbons (Fsp3) is 0.714. The Bertz CT molecular complexity index is 503. The molecule has 1 amide bonds. The summed E-state index contributed by atoms with van der Waals surface area (Å²) in [7, 11) is 0. The highest BCUT2D eigenvalue weighted by Gasteiger charge is 2.10. The number of carbonyl (C=O) groups excluding carboxylic acids is 1. The van der Waals surface area contributed by atoms with E-state index in [1.165, 1.54) is 38.5 Å². The molecular weight excluding hydrogens is 380 g/mol. The largest absolute Gasteiger partial charge is 1.00 e. The molecular formula is C21H37ClN2O4. The minimum absolute atomic E-state index is 0. The quantitative estimate of drug-likeness (QED) is 0.232.